The molecule has 0 amide bonds. The average Bonchev–Trinajstić information content (AvgIpc) is 2.19. The maximum atomic E-state index is 10.4. The van der Waals surface area contributed by atoms with Gasteiger partial charge in [-0.2, -0.15) is 0 Å². The first-order valence-electron chi connectivity index (χ1n) is 5.91. The molecular weight excluding hydrogens is 188 g/mol. The quantitative estimate of drug-likeness (QED) is 0.675. The van der Waals surface area contributed by atoms with Crippen LogP contribution in [0.3, 0.4) is 0 Å². The van der Waals surface area contributed by atoms with Gasteiger partial charge in [-0.05, 0) is 25.2 Å². The maximum absolute atomic E-state index is 10.4. The lowest BCUT2D eigenvalue weighted by molar-refractivity contribution is -0.140. The zero-order valence-electron chi connectivity index (χ0n) is 10.8. The average molecular weight is 214 g/mol. The zero-order valence-corrected chi connectivity index (χ0v) is 10.8. The van der Waals surface area contributed by atoms with Crippen LogP contribution >= 0.6 is 0 Å². The number of rotatable bonds is 6. The third kappa shape index (κ3) is 13.2. The molecule has 0 aliphatic rings. The Labute approximate surface area is 94.4 Å². The van der Waals surface area contributed by atoms with Crippen molar-refractivity contribution in [2.45, 2.75) is 53.9 Å². The summed E-state index contributed by atoms with van der Waals surface area (Å²) in [6, 6.07) is 0. The molecule has 90 valence electrons. The van der Waals surface area contributed by atoms with Gasteiger partial charge in [0.1, 0.15) is 0 Å². The molecule has 0 fully saturated rings. The Morgan fingerprint density at radius 1 is 1.20 bits per heavy atom. The van der Waals surface area contributed by atoms with E-state index in [9.17, 15) is 4.79 Å². The van der Waals surface area contributed by atoms with Crippen LogP contribution in [-0.2, 0) is 4.79 Å². The highest BCUT2D eigenvalue weighted by Crippen LogP contribution is 2.06. The summed E-state index contributed by atoms with van der Waals surface area (Å²) in [5.41, 5.74) is 0. The first kappa shape index (κ1) is 16.6. The molecule has 0 aromatic heterocycles. The molecule has 0 bridgehead atoms. The monoisotopic (exact) mass is 214 g/mol. The number of allylic oxidation sites excluding steroid dienone is 2. The van der Waals surface area contributed by atoms with Crippen molar-refractivity contribution in [2.24, 2.45) is 11.8 Å². The zero-order chi connectivity index (χ0) is 12.3. The van der Waals surface area contributed by atoms with Crippen LogP contribution in [0.2, 0.25) is 0 Å². The number of carboxylic acids is 1. The maximum Gasteiger partial charge on any atom is 0.306 e. The van der Waals surface area contributed by atoms with Crippen molar-refractivity contribution in [2.75, 3.05) is 0 Å². The van der Waals surface area contributed by atoms with Crippen molar-refractivity contribution in [3.05, 3.63) is 12.2 Å². The van der Waals surface area contributed by atoms with Crippen LogP contribution in [0.4, 0.5) is 0 Å². The molecule has 0 aromatic rings. The minimum Gasteiger partial charge on any atom is -0.481 e. The Morgan fingerprint density at radius 2 is 1.73 bits per heavy atom. The SMILES string of the molecule is CC.CC(C)CC/C=C\CC(C)C(=O)O. The van der Waals surface area contributed by atoms with Gasteiger partial charge in [0.05, 0.1) is 5.92 Å². The molecule has 0 rings (SSSR count). The number of carbonyl (C=O) groups is 1. The van der Waals surface area contributed by atoms with Crippen LogP contribution in [0, 0.1) is 11.8 Å². The van der Waals surface area contributed by atoms with Gasteiger partial charge in [0.15, 0.2) is 0 Å². The van der Waals surface area contributed by atoms with Crippen molar-refractivity contribution < 1.29 is 9.90 Å². The van der Waals surface area contributed by atoms with E-state index in [1.807, 2.05) is 19.9 Å². The lowest BCUT2D eigenvalue weighted by atomic mass is 10.1. The van der Waals surface area contributed by atoms with Crippen molar-refractivity contribution in [3.8, 4) is 0 Å². The van der Waals surface area contributed by atoms with Crippen molar-refractivity contribution in [3.63, 3.8) is 0 Å². The molecule has 1 unspecified atom stereocenters. The first-order valence-corrected chi connectivity index (χ1v) is 5.91. The second kappa shape index (κ2) is 11.3. The number of carboxylic acid groups (broad SMARTS) is 1. The van der Waals surface area contributed by atoms with Crippen LogP contribution in [0.1, 0.15) is 53.9 Å². The van der Waals surface area contributed by atoms with Crippen LogP contribution < -0.4 is 0 Å². The standard InChI is InChI=1S/C11H20O2.C2H6/c1-9(2)7-5-4-6-8-10(3)11(12)13;1-2/h4,6,9-10H,5,7-8H2,1-3H3,(H,12,13);1-2H3/b6-4-;. The van der Waals surface area contributed by atoms with Gasteiger partial charge < -0.3 is 5.11 Å². The number of hydrogen-bond donors (Lipinski definition) is 1. The van der Waals surface area contributed by atoms with E-state index in [0.717, 1.165) is 12.3 Å². The summed E-state index contributed by atoms with van der Waals surface area (Å²) >= 11 is 0. The normalized spacial score (nSPS) is 12.4. The summed E-state index contributed by atoms with van der Waals surface area (Å²) in [6.45, 7) is 10.1. The Morgan fingerprint density at radius 3 is 2.13 bits per heavy atom. The molecule has 0 saturated heterocycles. The Balaban J connectivity index is 0. The fourth-order valence-electron chi connectivity index (χ4n) is 0.949. The third-order valence-electron chi connectivity index (χ3n) is 1.99. The van der Waals surface area contributed by atoms with Gasteiger partial charge in [0.2, 0.25) is 0 Å². The first-order chi connectivity index (χ1) is 7.04. The fourth-order valence-corrected chi connectivity index (χ4v) is 0.949. The number of hydrogen-bond acceptors (Lipinski definition) is 1. The van der Waals surface area contributed by atoms with E-state index < -0.39 is 5.97 Å². The highest BCUT2D eigenvalue weighted by atomic mass is 16.4. The summed E-state index contributed by atoms with van der Waals surface area (Å²) in [5, 5.41) is 8.59. The summed E-state index contributed by atoms with van der Waals surface area (Å²) in [7, 11) is 0. The molecule has 1 N–H and O–H groups in total. The van der Waals surface area contributed by atoms with E-state index >= 15 is 0 Å². The minimum absolute atomic E-state index is 0.254. The van der Waals surface area contributed by atoms with E-state index in [2.05, 4.69) is 19.9 Å². The highest BCUT2D eigenvalue weighted by Gasteiger charge is 2.07. The van der Waals surface area contributed by atoms with Gasteiger partial charge in [-0.1, -0.05) is 46.8 Å². The van der Waals surface area contributed by atoms with E-state index in [1.54, 1.807) is 6.92 Å². The topological polar surface area (TPSA) is 37.3 Å². The predicted octanol–water partition coefficient (Wildman–Crippen LogP) is 4.12. The van der Waals surface area contributed by atoms with Crippen LogP contribution in [-0.4, -0.2) is 11.1 Å². The van der Waals surface area contributed by atoms with Crippen molar-refractivity contribution >= 4 is 5.97 Å². The molecule has 15 heavy (non-hydrogen) atoms. The van der Waals surface area contributed by atoms with Crippen LogP contribution in [0.15, 0.2) is 12.2 Å². The van der Waals surface area contributed by atoms with Gasteiger partial charge in [0.25, 0.3) is 0 Å². The van der Waals surface area contributed by atoms with Gasteiger partial charge in [0, 0.05) is 0 Å². The van der Waals surface area contributed by atoms with Crippen LogP contribution in [0.5, 0.6) is 0 Å². The second-order valence-corrected chi connectivity index (χ2v) is 3.92. The molecule has 2 heteroatoms. The van der Waals surface area contributed by atoms with Gasteiger partial charge in [-0.15, -0.1) is 0 Å². The summed E-state index contributed by atoms with van der Waals surface area (Å²) < 4.78 is 0. The summed E-state index contributed by atoms with van der Waals surface area (Å²) in [5.74, 6) is -0.245. The molecule has 0 aromatic carbocycles. The Bertz CT molecular complexity index is 171. The predicted molar refractivity (Wildman–Crippen MR) is 66.0 cm³/mol. The fraction of sp³-hybridized carbons (Fsp3) is 0.769. The molecular formula is C13H26O2. The van der Waals surface area contributed by atoms with Gasteiger partial charge >= 0.3 is 5.97 Å². The van der Waals surface area contributed by atoms with E-state index in [-0.39, 0.29) is 5.92 Å². The smallest absolute Gasteiger partial charge is 0.306 e. The Hall–Kier alpha value is -0.790. The molecule has 0 aliphatic heterocycles. The van der Waals surface area contributed by atoms with Crippen LogP contribution in [0.25, 0.3) is 0 Å². The third-order valence-corrected chi connectivity index (χ3v) is 1.99. The summed E-state index contributed by atoms with van der Waals surface area (Å²) in [6.07, 6.45) is 6.94. The van der Waals surface area contributed by atoms with Gasteiger partial charge in [-0.25, -0.2) is 0 Å². The molecule has 2 nitrogen and oxygen atoms in total. The van der Waals surface area contributed by atoms with Crippen molar-refractivity contribution in [1.29, 1.82) is 0 Å². The molecule has 0 spiro atoms. The lowest BCUT2D eigenvalue weighted by Crippen LogP contribution is -2.07. The second-order valence-electron chi connectivity index (χ2n) is 3.92. The number of aliphatic carboxylic acids is 1. The van der Waals surface area contributed by atoms with Crippen molar-refractivity contribution in [1.82, 2.24) is 0 Å². The molecule has 0 saturated carbocycles. The molecule has 0 aliphatic carbocycles. The Kier molecular flexibility index (Phi) is 12.5. The van der Waals surface area contributed by atoms with E-state index in [0.29, 0.717) is 6.42 Å². The summed E-state index contributed by atoms with van der Waals surface area (Å²) in [4.78, 5) is 10.4. The minimum atomic E-state index is -0.714. The lowest BCUT2D eigenvalue weighted by Gasteiger charge is -2.01. The molecule has 0 heterocycles. The van der Waals surface area contributed by atoms with Gasteiger partial charge in [-0.3, -0.25) is 4.79 Å². The molecule has 0 radical (unpaired) electrons. The largest absolute Gasteiger partial charge is 0.481 e. The highest BCUT2D eigenvalue weighted by molar-refractivity contribution is 5.69. The van der Waals surface area contributed by atoms with E-state index in [4.69, 9.17) is 5.11 Å². The van der Waals surface area contributed by atoms with E-state index in [1.165, 1.54) is 6.42 Å². The molecule has 1 atom stereocenters.